The largest absolute Gasteiger partial charge is 0.497 e. The Labute approximate surface area is 111 Å². The van der Waals surface area contributed by atoms with Crippen LogP contribution in [0.3, 0.4) is 0 Å². The van der Waals surface area contributed by atoms with E-state index in [1.165, 1.54) is 7.11 Å². The van der Waals surface area contributed by atoms with E-state index in [9.17, 15) is 4.79 Å². The molecule has 6 nitrogen and oxygen atoms in total. The van der Waals surface area contributed by atoms with Crippen molar-refractivity contribution in [2.24, 2.45) is 0 Å². The summed E-state index contributed by atoms with van der Waals surface area (Å²) in [6.07, 6.45) is 0.645. The Bertz CT molecular complexity index is 565. The molecular formula is C13H17N3O3. The monoisotopic (exact) mass is 263 g/mol. The molecule has 102 valence electrons. The van der Waals surface area contributed by atoms with E-state index < -0.39 is 0 Å². The zero-order chi connectivity index (χ0) is 13.7. The average molecular weight is 263 g/mol. The number of hydrogen-bond acceptors (Lipinski definition) is 4. The third-order valence-corrected chi connectivity index (χ3v) is 2.70. The molecular weight excluding hydrogens is 246 g/mol. The molecule has 19 heavy (non-hydrogen) atoms. The maximum Gasteiger partial charge on any atom is 0.245 e. The van der Waals surface area contributed by atoms with Gasteiger partial charge in [0.1, 0.15) is 18.2 Å². The number of fused-ring (bicyclic) bond motifs is 1. The van der Waals surface area contributed by atoms with Crippen LogP contribution in [0.4, 0.5) is 0 Å². The molecule has 0 unspecified atom stereocenters. The Morgan fingerprint density at radius 1 is 1.42 bits per heavy atom. The summed E-state index contributed by atoms with van der Waals surface area (Å²) >= 11 is 0. The highest BCUT2D eigenvalue weighted by Gasteiger charge is 2.05. The van der Waals surface area contributed by atoms with Crippen LogP contribution in [0.1, 0.15) is 5.82 Å². The number of carbonyl (C=O) groups is 1. The van der Waals surface area contributed by atoms with E-state index in [4.69, 9.17) is 9.47 Å². The first-order valence-electron chi connectivity index (χ1n) is 6.01. The van der Waals surface area contributed by atoms with Crippen LogP contribution in [-0.4, -0.2) is 43.2 Å². The van der Waals surface area contributed by atoms with Gasteiger partial charge in [0.2, 0.25) is 5.91 Å². The molecule has 1 aromatic heterocycles. The van der Waals surface area contributed by atoms with E-state index in [2.05, 4.69) is 15.3 Å². The van der Waals surface area contributed by atoms with Gasteiger partial charge in [-0.1, -0.05) is 0 Å². The first-order chi connectivity index (χ1) is 9.22. The Morgan fingerprint density at radius 3 is 3.00 bits per heavy atom. The van der Waals surface area contributed by atoms with E-state index >= 15 is 0 Å². The maximum atomic E-state index is 11.2. The molecule has 0 radical (unpaired) electrons. The predicted molar refractivity (Wildman–Crippen MR) is 71.2 cm³/mol. The molecule has 0 spiro atoms. The third kappa shape index (κ3) is 3.45. The number of H-pyrrole nitrogens is 1. The van der Waals surface area contributed by atoms with Crippen LogP contribution in [0.2, 0.25) is 0 Å². The van der Waals surface area contributed by atoms with Crippen LogP contribution < -0.4 is 10.1 Å². The highest BCUT2D eigenvalue weighted by Crippen LogP contribution is 2.18. The van der Waals surface area contributed by atoms with Crippen molar-refractivity contribution in [1.29, 1.82) is 0 Å². The van der Waals surface area contributed by atoms with Gasteiger partial charge in [-0.25, -0.2) is 4.98 Å². The second-order valence-corrected chi connectivity index (χ2v) is 4.10. The Kier molecular flexibility index (Phi) is 4.35. The van der Waals surface area contributed by atoms with Gasteiger partial charge in [-0.2, -0.15) is 0 Å². The molecule has 1 heterocycles. The SMILES string of the molecule is COCC(=O)NCCc1nc2ccc(OC)cc2[nH]1. The van der Waals surface area contributed by atoms with Crippen LogP contribution in [0.5, 0.6) is 5.75 Å². The topological polar surface area (TPSA) is 76.2 Å². The molecule has 0 bridgehead atoms. The highest BCUT2D eigenvalue weighted by atomic mass is 16.5. The van der Waals surface area contributed by atoms with Crippen LogP contribution in [-0.2, 0) is 16.0 Å². The molecule has 1 amide bonds. The minimum Gasteiger partial charge on any atom is -0.497 e. The first kappa shape index (κ1) is 13.4. The Morgan fingerprint density at radius 2 is 2.26 bits per heavy atom. The lowest BCUT2D eigenvalue weighted by molar-refractivity contribution is -0.124. The quantitative estimate of drug-likeness (QED) is 0.811. The van der Waals surface area contributed by atoms with Crippen molar-refractivity contribution in [2.75, 3.05) is 27.4 Å². The van der Waals surface area contributed by atoms with E-state index in [1.807, 2.05) is 18.2 Å². The fourth-order valence-electron chi connectivity index (χ4n) is 1.79. The number of rotatable bonds is 6. The summed E-state index contributed by atoms with van der Waals surface area (Å²) in [6, 6.07) is 5.67. The predicted octanol–water partition coefficient (Wildman–Crippen LogP) is 0.877. The number of carbonyl (C=O) groups excluding carboxylic acids is 1. The van der Waals surface area contributed by atoms with E-state index in [0.29, 0.717) is 13.0 Å². The smallest absolute Gasteiger partial charge is 0.245 e. The summed E-state index contributed by atoms with van der Waals surface area (Å²) in [6.45, 7) is 0.608. The molecule has 0 saturated heterocycles. The van der Waals surface area contributed by atoms with Crippen molar-refractivity contribution in [1.82, 2.24) is 15.3 Å². The molecule has 1 aromatic carbocycles. The van der Waals surface area contributed by atoms with E-state index in [0.717, 1.165) is 22.6 Å². The third-order valence-electron chi connectivity index (χ3n) is 2.70. The van der Waals surface area contributed by atoms with Crippen LogP contribution in [0, 0.1) is 0 Å². The lowest BCUT2D eigenvalue weighted by Gasteiger charge is -2.02. The lowest BCUT2D eigenvalue weighted by atomic mass is 10.3. The van der Waals surface area contributed by atoms with Crippen molar-refractivity contribution in [2.45, 2.75) is 6.42 Å². The molecule has 0 atom stereocenters. The zero-order valence-corrected chi connectivity index (χ0v) is 11.0. The number of nitrogens with zero attached hydrogens (tertiary/aromatic N) is 1. The van der Waals surface area contributed by atoms with Gasteiger partial charge in [0.05, 0.1) is 18.1 Å². The molecule has 0 saturated carbocycles. The Balaban J connectivity index is 1.96. The standard InChI is InChI=1S/C13H17N3O3/c1-18-8-13(17)14-6-5-12-15-10-4-3-9(19-2)7-11(10)16-12/h3-4,7H,5-6,8H2,1-2H3,(H,14,17)(H,15,16). The van der Waals surface area contributed by atoms with Gasteiger partial charge in [-0.05, 0) is 12.1 Å². The van der Waals surface area contributed by atoms with Crippen molar-refractivity contribution < 1.29 is 14.3 Å². The van der Waals surface area contributed by atoms with Gasteiger partial charge < -0.3 is 19.8 Å². The van der Waals surface area contributed by atoms with Gasteiger partial charge in [0, 0.05) is 26.1 Å². The number of aromatic amines is 1. The number of benzene rings is 1. The number of aromatic nitrogens is 2. The molecule has 0 aliphatic rings. The second kappa shape index (κ2) is 6.19. The molecule has 6 heteroatoms. The van der Waals surface area contributed by atoms with Gasteiger partial charge in [0.15, 0.2) is 0 Å². The Hall–Kier alpha value is -2.08. The number of imidazole rings is 1. The van der Waals surface area contributed by atoms with Crippen molar-refractivity contribution in [3.05, 3.63) is 24.0 Å². The number of ether oxygens (including phenoxy) is 2. The van der Waals surface area contributed by atoms with Crippen molar-refractivity contribution in [3.63, 3.8) is 0 Å². The number of hydrogen-bond donors (Lipinski definition) is 2. The summed E-state index contributed by atoms with van der Waals surface area (Å²) in [7, 11) is 3.12. The molecule has 2 aromatic rings. The highest BCUT2D eigenvalue weighted by molar-refractivity contribution is 5.77. The van der Waals surface area contributed by atoms with Crippen LogP contribution in [0.15, 0.2) is 18.2 Å². The number of amides is 1. The van der Waals surface area contributed by atoms with Crippen LogP contribution in [0.25, 0.3) is 11.0 Å². The second-order valence-electron chi connectivity index (χ2n) is 4.10. The molecule has 0 aliphatic heterocycles. The van der Waals surface area contributed by atoms with E-state index in [1.54, 1.807) is 7.11 Å². The van der Waals surface area contributed by atoms with Crippen molar-refractivity contribution in [3.8, 4) is 5.75 Å². The zero-order valence-electron chi connectivity index (χ0n) is 11.0. The van der Waals surface area contributed by atoms with Crippen LogP contribution >= 0.6 is 0 Å². The van der Waals surface area contributed by atoms with Gasteiger partial charge >= 0.3 is 0 Å². The summed E-state index contributed by atoms with van der Waals surface area (Å²) in [5.41, 5.74) is 1.82. The fraction of sp³-hybridized carbons (Fsp3) is 0.385. The maximum absolute atomic E-state index is 11.2. The van der Waals surface area contributed by atoms with E-state index in [-0.39, 0.29) is 12.5 Å². The van der Waals surface area contributed by atoms with Gasteiger partial charge in [-0.15, -0.1) is 0 Å². The molecule has 2 rings (SSSR count). The lowest BCUT2D eigenvalue weighted by Crippen LogP contribution is -2.29. The minimum atomic E-state index is -0.125. The number of nitrogens with one attached hydrogen (secondary N) is 2. The van der Waals surface area contributed by atoms with Gasteiger partial charge in [0.25, 0.3) is 0 Å². The summed E-state index contributed by atoms with van der Waals surface area (Å²) < 4.78 is 9.88. The molecule has 0 fully saturated rings. The summed E-state index contributed by atoms with van der Waals surface area (Å²) in [5.74, 6) is 1.50. The first-order valence-corrected chi connectivity index (χ1v) is 6.01. The van der Waals surface area contributed by atoms with Gasteiger partial charge in [-0.3, -0.25) is 4.79 Å². The molecule has 0 aliphatic carbocycles. The normalized spacial score (nSPS) is 10.6. The summed E-state index contributed by atoms with van der Waals surface area (Å²) in [5, 5.41) is 2.75. The molecule has 2 N–H and O–H groups in total. The fourth-order valence-corrected chi connectivity index (χ4v) is 1.79. The average Bonchev–Trinajstić information content (AvgIpc) is 2.80. The number of methoxy groups -OCH3 is 2. The minimum absolute atomic E-state index is 0.0807. The van der Waals surface area contributed by atoms with Crippen molar-refractivity contribution >= 4 is 16.9 Å². The summed E-state index contributed by atoms with van der Waals surface area (Å²) in [4.78, 5) is 18.8.